The molecule has 0 aliphatic heterocycles. The minimum atomic E-state index is 0.260. The SMILES string of the molecule is CC(Cc1nncn1C)c1cc(Cl)nc(Cl)c1. The molecule has 0 fully saturated rings. The predicted octanol–water partition coefficient (Wildman–Crippen LogP) is 2.86. The Hall–Kier alpha value is -1.13. The van der Waals surface area contributed by atoms with Crippen molar-refractivity contribution in [3.05, 3.63) is 40.2 Å². The molecule has 0 bridgehead atoms. The van der Waals surface area contributed by atoms with E-state index in [0.29, 0.717) is 10.3 Å². The summed E-state index contributed by atoms with van der Waals surface area (Å²) >= 11 is 11.8. The van der Waals surface area contributed by atoms with Crippen molar-refractivity contribution in [1.82, 2.24) is 19.7 Å². The van der Waals surface area contributed by atoms with Gasteiger partial charge in [-0.1, -0.05) is 30.1 Å². The quantitative estimate of drug-likeness (QED) is 0.806. The number of pyridine rings is 1. The van der Waals surface area contributed by atoms with Crippen molar-refractivity contribution in [3.63, 3.8) is 0 Å². The zero-order chi connectivity index (χ0) is 12.4. The fourth-order valence-electron chi connectivity index (χ4n) is 1.65. The summed E-state index contributed by atoms with van der Waals surface area (Å²) in [5.74, 6) is 1.19. The lowest BCUT2D eigenvalue weighted by atomic mass is 9.99. The van der Waals surface area contributed by atoms with Crippen LogP contribution in [0.4, 0.5) is 0 Å². The molecule has 2 aromatic heterocycles. The van der Waals surface area contributed by atoms with Crippen LogP contribution in [0.2, 0.25) is 10.3 Å². The van der Waals surface area contributed by atoms with Crippen molar-refractivity contribution in [2.24, 2.45) is 7.05 Å². The van der Waals surface area contributed by atoms with Gasteiger partial charge in [-0.15, -0.1) is 10.2 Å². The number of hydrogen-bond donors (Lipinski definition) is 0. The maximum absolute atomic E-state index is 5.88. The van der Waals surface area contributed by atoms with Crippen molar-refractivity contribution >= 4 is 23.2 Å². The molecule has 0 amide bonds. The molecule has 90 valence electrons. The van der Waals surface area contributed by atoms with Gasteiger partial charge in [0.1, 0.15) is 22.5 Å². The number of hydrogen-bond acceptors (Lipinski definition) is 3. The van der Waals surface area contributed by atoms with Gasteiger partial charge < -0.3 is 4.57 Å². The number of halogens is 2. The minimum absolute atomic E-state index is 0.260. The van der Waals surface area contributed by atoms with Gasteiger partial charge in [0.15, 0.2) is 0 Å². The summed E-state index contributed by atoms with van der Waals surface area (Å²) in [6, 6.07) is 3.66. The van der Waals surface area contributed by atoms with E-state index in [0.717, 1.165) is 17.8 Å². The lowest BCUT2D eigenvalue weighted by Crippen LogP contribution is -2.04. The average molecular weight is 271 g/mol. The first-order chi connectivity index (χ1) is 8.06. The van der Waals surface area contributed by atoms with Gasteiger partial charge in [-0.05, 0) is 23.6 Å². The molecule has 0 aliphatic carbocycles. The molecular formula is C11H12Cl2N4. The molecule has 0 aliphatic rings. The fourth-order valence-corrected chi connectivity index (χ4v) is 2.13. The van der Waals surface area contributed by atoms with Crippen molar-refractivity contribution in [2.75, 3.05) is 0 Å². The fraction of sp³-hybridized carbons (Fsp3) is 0.364. The lowest BCUT2D eigenvalue weighted by molar-refractivity contribution is 0.680. The maximum atomic E-state index is 5.88. The summed E-state index contributed by atoms with van der Waals surface area (Å²) in [5, 5.41) is 8.74. The Balaban J connectivity index is 2.20. The minimum Gasteiger partial charge on any atom is -0.321 e. The van der Waals surface area contributed by atoms with E-state index in [1.165, 1.54) is 0 Å². The predicted molar refractivity (Wildman–Crippen MR) is 67.4 cm³/mol. The van der Waals surface area contributed by atoms with Crippen LogP contribution in [0.5, 0.6) is 0 Å². The van der Waals surface area contributed by atoms with Crippen LogP contribution in [0.15, 0.2) is 18.5 Å². The largest absolute Gasteiger partial charge is 0.321 e. The van der Waals surface area contributed by atoms with E-state index < -0.39 is 0 Å². The number of aromatic nitrogens is 4. The Morgan fingerprint density at radius 3 is 2.47 bits per heavy atom. The molecule has 2 rings (SSSR count). The highest BCUT2D eigenvalue weighted by atomic mass is 35.5. The Labute approximate surface area is 110 Å². The Bertz CT molecular complexity index is 504. The van der Waals surface area contributed by atoms with Gasteiger partial charge in [-0.25, -0.2) is 4.98 Å². The Morgan fingerprint density at radius 2 is 1.94 bits per heavy atom. The van der Waals surface area contributed by atoms with Crippen LogP contribution in [-0.2, 0) is 13.5 Å². The van der Waals surface area contributed by atoms with E-state index in [1.807, 2.05) is 23.7 Å². The van der Waals surface area contributed by atoms with Gasteiger partial charge in [-0.2, -0.15) is 0 Å². The first-order valence-electron chi connectivity index (χ1n) is 5.22. The van der Waals surface area contributed by atoms with E-state index in [1.54, 1.807) is 6.33 Å². The van der Waals surface area contributed by atoms with Gasteiger partial charge in [-0.3, -0.25) is 0 Å². The molecule has 0 saturated heterocycles. The molecule has 0 saturated carbocycles. The summed E-state index contributed by atoms with van der Waals surface area (Å²) < 4.78 is 1.90. The normalized spacial score (nSPS) is 12.7. The topological polar surface area (TPSA) is 43.6 Å². The molecule has 0 spiro atoms. The lowest BCUT2D eigenvalue weighted by Gasteiger charge is -2.11. The molecule has 0 aromatic carbocycles. The standard InChI is InChI=1S/C11H12Cl2N4/c1-7(3-11-16-14-6-17(11)2)8-4-9(12)15-10(13)5-8/h4-7H,3H2,1-2H3. The van der Waals surface area contributed by atoms with E-state index in [4.69, 9.17) is 23.2 Å². The summed E-state index contributed by atoms with van der Waals surface area (Å²) in [6.07, 6.45) is 2.47. The number of aryl methyl sites for hydroxylation is 1. The summed E-state index contributed by atoms with van der Waals surface area (Å²) in [6.45, 7) is 2.09. The summed E-state index contributed by atoms with van der Waals surface area (Å²) in [5.41, 5.74) is 1.05. The maximum Gasteiger partial charge on any atom is 0.133 e. The zero-order valence-corrected chi connectivity index (χ0v) is 11.1. The highest BCUT2D eigenvalue weighted by molar-refractivity contribution is 6.32. The molecule has 2 aromatic rings. The third kappa shape index (κ3) is 2.96. The molecule has 6 heteroatoms. The zero-order valence-electron chi connectivity index (χ0n) is 9.56. The first kappa shape index (κ1) is 12.3. The molecule has 2 heterocycles. The molecule has 1 atom stereocenters. The Kier molecular flexibility index (Phi) is 3.64. The molecule has 0 N–H and O–H groups in total. The third-order valence-electron chi connectivity index (χ3n) is 2.65. The van der Waals surface area contributed by atoms with Gasteiger partial charge in [0.25, 0.3) is 0 Å². The van der Waals surface area contributed by atoms with E-state index >= 15 is 0 Å². The molecule has 17 heavy (non-hydrogen) atoms. The van der Waals surface area contributed by atoms with E-state index in [9.17, 15) is 0 Å². The van der Waals surface area contributed by atoms with Crippen molar-refractivity contribution in [1.29, 1.82) is 0 Å². The van der Waals surface area contributed by atoms with Crippen LogP contribution in [-0.4, -0.2) is 19.7 Å². The second-order valence-electron chi connectivity index (χ2n) is 4.01. The number of rotatable bonds is 3. The van der Waals surface area contributed by atoms with Gasteiger partial charge >= 0.3 is 0 Å². The van der Waals surface area contributed by atoms with Crippen LogP contribution >= 0.6 is 23.2 Å². The van der Waals surface area contributed by atoms with E-state index in [2.05, 4.69) is 22.1 Å². The summed E-state index contributed by atoms with van der Waals surface area (Å²) in [4.78, 5) is 3.93. The monoisotopic (exact) mass is 270 g/mol. The number of nitrogens with zero attached hydrogens (tertiary/aromatic N) is 4. The highest BCUT2D eigenvalue weighted by Gasteiger charge is 2.12. The van der Waals surface area contributed by atoms with Crippen molar-refractivity contribution in [2.45, 2.75) is 19.3 Å². The van der Waals surface area contributed by atoms with Crippen LogP contribution < -0.4 is 0 Å². The van der Waals surface area contributed by atoms with E-state index in [-0.39, 0.29) is 5.92 Å². The second-order valence-corrected chi connectivity index (χ2v) is 4.78. The average Bonchev–Trinajstić information content (AvgIpc) is 2.63. The van der Waals surface area contributed by atoms with Gasteiger partial charge in [0.05, 0.1) is 0 Å². The van der Waals surface area contributed by atoms with Crippen LogP contribution in [0.3, 0.4) is 0 Å². The van der Waals surface area contributed by atoms with Crippen molar-refractivity contribution in [3.8, 4) is 0 Å². The van der Waals surface area contributed by atoms with Crippen LogP contribution in [0.1, 0.15) is 24.2 Å². The van der Waals surface area contributed by atoms with Crippen LogP contribution in [0, 0.1) is 0 Å². The second kappa shape index (κ2) is 5.02. The third-order valence-corrected chi connectivity index (χ3v) is 3.04. The Morgan fingerprint density at radius 1 is 1.29 bits per heavy atom. The summed E-state index contributed by atoms with van der Waals surface area (Å²) in [7, 11) is 1.93. The molecule has 1 unspecified atom stereocenters. The smallest absolute Gasteiger partial charge is 0.133 e. The van der Waals surface area contributed by atoms with Gasteiger partial charge in [0, 0.05) is 13.5 Å². The highest BCUT2D eigenvalue weighted by Crippen LogP contribution is 2.24. The van der Waals surface area contributed by atoms with Crippen molar-refractivity contribution < 1.29 is 0 Å². The molecule has 4 nitrogen and oxygen atoms in total. The first-order valence-corrected chi connectivity index (χ1v) is 5.97. The van der Waals surface area contributed by atoms with Gasteiger partial charge in [0.2, 0.25) is 0 Å². The van der Waals surface area contributed by atoms with Crippen LogP contribution in [0.25, 0.3) is 0 Å². The molecule has 0 radical (unpaired) electrons. The molecular weight excluding hydrogens is 259 g/mol.